The highest BCUT2D eigenvalue weighted by Crippen LogP contribution is 2.39. The maximum Gasteiger partial charge on any atom is 0.164 e. The van der Waals surface area contributed by atoms with E-state index in [2.05, 4.69) is 15.0 Å². The van der Waals surface area contributed by atoms with Gasteiger partial charge in [-0.05, 0) is 30.3 Å². The van der Waals surface area contributed by atoms with Crippen molar-refractivity contribution in [1.82, 2.24) is 44.9 Å². The Morgan fingerprint density at radius 2 is 0.830 bits per heavy atom. The lowest BCUT2D eigenvalue weighted by molar-refractivity contribution is 0.482. The molecular formula is C37H21N9O. The molecule has 2 aliphatic heterocycles. The van der Waals surface area contributed by atoms with E-state index < -0.39 is 0 Å². The van der Waals surface area contributed by atoms with Crippen LogP contribution in [0.1, 0.15) is 0 Å². The first-order chi connectivity index (χ1) is 23.2. The van der Waals surface area contributed by atoms with E-state index >= 15 is 0 Å². The number of nitrogens with zero attached hydrogens (tertiary/aromatic N) is 7. The molecule has 4 aromatic carbocycles. The van der Waals surface area contributed by atoms with Crippen LogP contribution in [0, 0.1) is 0 Å². The van der Waals surface area contributed by atoms with Gasteiger partial charge in [-0.25, -0.2) is 29.9 Å². The molecule has 2 aliphatic rings. The van der Waals surface area contributed by atoms with Crippen molar-refractivity contribution < 1.29 is 4.74 Å². The molecule has 6 heterocycles. The van der Waals surface area contributed by atoms with Crippen LogP contribution >= 0.6 is 0 Å². The second kappa shape index (κ2) is 9.85. The van der Waals surface area contributed by atoms with E-state index in [4.69, 9.17) is 34.6 Å². The number of aromatic amines is 2. The number of benzene rings is 4. The summed E-state index contributed by atoms with van der Waals surface area (Å²) in [5.41, 5.74) is 6.04. The molecule has 8 aromatic rings. The molecule has 0 saturated heterocycles. The molecule has 0 spiro atoms. The van der Waals surface area contributed by atoms with Gasteiger partial charge in [-0.1, -0.05) is 72.8 Å². The number of aromatic nitrogens is 9. The number of ether oxygens (including phenoxy) is 1. The Labute approximate surface area is 265 Å². The van der Waals surface area contributed by atoms with Crippen LogP contribution in [-0.4, -0.2) is 44.9 Å². The third-order valence-corrected chi connectivity index (χ3v) is 8.41. The summed E-state index contributed by atoms with van der Waals surface area (Å²) in [5, 5.41) is 3.76. The van der Waals surface area contributed by atoms with Crippen molar-refractivity contribution in [1.29, 1.82) is 0 Å². The molecule has 4 aromatic heterocycles. The second-order valence-electron chi connectivity index (χ2n) is 11.2. The fourth-order valence-corrected chi connectivity index (χ4v) is 6.23. The molecule has 10 rings (SSSR count). The average molecular weight is 608 g/mol. The first kappa shape index (κ1) is 25.5. The Bertz CT molecular complexity index is 2730. The predicted octanol–water partition coefficient (Wildman–Crippen LogP) is 8.06. The quantitative estimate of drug-likeness (QED) is 0.202. The lowest BCUT2D eigenvalue weighted by Crippen LogP contribution is -1.88. The molecule has 0 fully saturated rings. The fourth-order valence-electron chi connectivity index (χ4n) is 6.23. The molecule has 220 valence electrons. The number of pyridine rings is 1. The highest BCUT2D eigenvalue weighted by Gasteiger charge is 2.24. The number of nitrogens with one attached hydrogen (secondary N) is 2. The number of rotatable bonds is 2. The van der Waals surface area contributed by atoms with Gasteiger partial charge in [-0.3, -0.25) is 4.98 Å². The van der Waals surface area contributed by atoms with Crippen molar-refractivity contribution in [3.63, 3.8) is 0 Å². The summed E-state index contributed by atoms with van der Waals surface area (Å²) in [7, 11) is 0. The van der Waals surface area contributed by atoms with E-state index in [1.54, 1.807) is 12.4 Å². The lowest BCUT2D eigenvalue weighted by atomic mass is 10.1. The van der Waals surface area contributed by atoms with Crippen LogP contribution in [0.15, 0.2) is 116 Å². The lowest BCUT2D eigenvalue weighted by Gasteiger charge is -2.07. The molecule has 10 nitrogen and oxygen atoms in total. The Morgan fingerprint density at radius 1 is 0.383 bits per heavy atom. The number of hydrogen-bond acceptors (Lipinski definition) is 8. The Kier molecular flexibility index (Phi) is 5.34. The van der Waals surface area contributed by atoms with E-state index in [0.29, 0.717) is 57.4 Å². The molecule has 2 N–H and O–H groups in total. The topological polar surface area (TPSA) is 131 Å². The summed E-state index contributed by atoms with van der Waals surface area (Å²) in [4.78, 5) is 41.2. The van der Waals surface area contributed by atoms with Crippen LogP contribution in [0.5, 0.6) is 11.5 Å². The van der Waals surface area contributed by atoms with Gasteiger partial charge in [0.2, 0.25) is 0 Å². The monoisotopic (exact) mass is 607 g/mol. The molecule has 10 heteroatoms. The largest absolute Gasteiger partial charge is 0.457 e. The number of fused-ring (bicyclic) bond motifs is 20. The van der Waals surface area contributed by atoms with Gasteiger partial charge in [0.25, 0.3) is 0 Å². The highest BCUT2D eigenvalue weighted by molar-refractivity contribution is 6.07. The molecular weight excluding hydrogens is 586 g/mol. The first-order valence-corrected chi connectivity index (χ1v) is 15.1. The van der Waals surface area contributed by atoms with Crippen LogP contribution in [0.2, 0.25) is 0 Å². The van der Waals surface area contributed by atoms with E-state index in [0.717, 1.165) is 43.8 Å². The standard InChI is InChI=1S/C37H21N9O/c1-2-8-23-22(7-1)30-39-31(23)41-33-26-11-5-6-12-27(26)35(43-33)45-37-29-19-21(47-20-15-17-38-18-16-20)13-14-28(29)36(46-37)44-34-25-10-4-3-9-24(25)32(40-30)42-34/h1-19H,(H2,39,40,41,42,43,44,45,46). The Hall–Kier alpha value is -6.81. The third-order valence-electron chi connectivity index (χ3n) is 8.41. The van der Waals surface area contributed by atoms with Gasteiger partial charge in [0, 0.05) is 56.2 Å². The summed E-state index contributed by atoms with van der Waals surface area (Å²) >= 11 is 0. The van der Waals surface area contributed by atoms with E-state index in [1.165, 1.54) is 0 Å². The zero-order valence-corrected chi connectivity index (χ0v) is 24.5. The molecule has 0 aliphatic carbocycles. The normalized spacial score (nSPS) is 11.8. The Balaban J connectivity index is 1.32. The minimum atomic E-state index is 0.481. The predicted molar refractivity (Wildman–Crippen MR) is 180 cm³/mol. The van der Waals surface area contributed by atoms with E-state index in [9.17, 15) is 0 Å². The number of H-pyrrole nitrogens is 2. The van der Waals surface area contributed by atoms with Gasteiger partial charge >= 0.3 is 0 Å². The van der Waals surface area contributed by atoms with Crippen molar-refractivity contribution in [2.24, 2.45) is 0 Å². The van der Waals surface area contributed by atoms with E-state index in [-0.39, 0.29) is 0 Å². The Morgan fingerprint density at radius 3 is 1.38 bits per heavy atom. The third kappa shape index (κ3) is 4.09. The van der Waals surface area contributed by atoms with Gasteiger partial charge in [0.15, 0.2) is 23.3 Å². The molecule has 47 heavy (non-hydrogen) atoms. The smallest absolute Gasteiger partial charge is 0.164 e. The maximum absolute atomic E-state index is 6.16. The van der Waals surface area contributed by atoms with Crippen molar-refractivity contribution in [2.45, 2.75) is 0 Å². The van der Waals surface area contributed by atoms with Crippen LogP contribution in [0.25, 0.3) is 89.7 Å². The van der Waals surface area contributed by atoms with Crippen molar-refractivity contribution in [3.8, 4) is 57.1 Å². The zero-order chi connectivity index (χ0) is 30.9. The maximum atomic E-state index is 6.16. The van der Waals surface area contributed by atoms with Gasteiger partial charge in [0.1, 0.15) is 34.1 Å². The van der Waals surface area contributed by atoms with Gasteiger partial charge < -0.3 is 14.7 Å². The first-order valence-electron chi connectivity index (χ1n) is 15.1. The van der Waals surface area contributed by atoms with Gasteiger partial charge in [0.05, 0.1) is 0 Å². The van der Waals surface area contributed by atoms with Gasteiger partial charge in [-0.2, -0.15) is 0 Å². The van der Waals surface area contributed by atoms with Crippen LogP contribution in [0.4, 0.5) is 0 Å². The van der Waals surface area contributed by atoms with Crippen molar-refractivity contribution in [3.05, 3.63) is 116 Å². The summed E-state index contributed by atoms with van der Waals surface area (Å²) in [5.74, 6) is 3.40. The fraction of sp³-hybridized carbons (Fsp3) is 0. The van der Waals surface area contributed by atoms with E-state index in [1.807, 2.05) is 103 Å². The SMILES string of the molecule is c1ccc2c(c1)-c1nc3nc(nc4[nH]c(nc5[nH]c(nc-2n1)c1ccccc51)c1ccccc41)-c1ccc(Oc2ccncc2)cc1-3. The minimum absolute atomic E-state index is 0.481. The minimum Gasteiger partial charge on any atom is -0.457 e. The molecule has 8 bridgehead atoms. The average Bonchev–Trinajstić information content (AvgIpc) is 3.84. The summed E-state index contributed by atoms with van der Waals surface area (Å²) in [6.07, 6.45) is 3.39. The molecule has 0 unspecified atom stereocenters. The van der Waals surface area contributed by atoms with Crippen LogP contribution in [0.3, 0.4) is 0 Å². The number of hydrogen-bond donors (Lipinski definition) is 2. The van der Waals surface area contributed by atoms with Gasteiger partial charge in [-0.15, -0.1) is 0 Å². The molecule has 0 saturated carbocycles. The van der Waals surface area contributed by atoms with Crippen molar-refractivity contribution in [2.75, 3.05) is 0 Å². The zero-order valence-electron chi connectivity index (χ0n) is 24.5. The van der Waals surface area contributed by atoms with Crippen LogP contribution in [-0.2, 0) is 0 Å². The van der Waals surface area contributed by atoms with Crippen LogP contribution < -0.4 is 4.74 Å². The molecule has 0 radical (unpaired) electrons. The second-order valence-corrected chi connectivity index (χ2v) is 11.2. The summed E-state index contributed by atoms with van der Waals surface area (Å²) < 4.78 is 6.16. The van der Waals surface area contributed by atoms with Crippen molar-refractivity contribution >= 4 is 44.1 Å². The summed E-state index contributed by atoms with van der Waals surface area (Å²) in [6.45, 7) is 0. The molecule has 0 amide bonds. The highest BCUT2D eigenvalue weighted by atomic mass is 16.5. The summed E-state index contributed by atoms with van der Waals surface area (Å²) in [6, 6.07) is 33.5. The molecule has 0 atom stereocenters.